The molecule has 0 spiro atoms. The van der Waals surface area contributed by atoms with Crippen LogP contribution >= 0.6 is 0 Å². The number of aryl methyl sites for hydroxylation is 1. The molecule has 1 N–H and O–H groups in total. The smallest absolute Gasteiger partial charge is 0.258 e. The van der Waals surface area contributed by atoms with Crippen LogP contribution in [0.2, 0.25) is 0 Å². The Morgan fingerprint density at radius 1 is 1.24 bits per heavy atom. The van der Waals surface area contributed by atoms with Gasteiger partial charge in [-0.1, -0.05) is 6.92 Å². The van der Waals surface area contributed by atoms with Crippen molar-refractivity contribution >= 4 is 17.3 Å². The van der Waals surface area contributed by atoms with Crippen LogP contribution in [-0.4, -0.2) is 24.5 Å². The van der Waals surface area contributed by atoms with Crippen molar-refractivity contribution in [2.24, 2.45) is 0 Å². The molecule has 110 valence electrons. The number of carbonyl (C=O) groups excluding carboxylic acids is 1. The van der Waals surface area contributed by atoms with Crippen molar-refractivity contribution in [3.05, 3.63) is 53.9 Å². The topological polar surface area (TPSA) is 45.2 Å². The van der Waals surface area contributed by atoms with Gasteiger partial charge in [-0.3, -0.25) is 9.78 Å². The molecule has 0 saturated heterocycles. The van der Waals surface area contributed by atoms with E-state index in [0.717, 1.165) is 29.9 Å². The maximum Gasteiger partial charge on any atom is 0.258 e. The first kappa shape index (κ1) is 15.0. The average molecular weight is 283 g/mol. The summed E-state index contributed by atoms with van der Waals surface area (Å²) in [5.41, 5.74) is 3.69. The van der Waals surface area contributed by atoms with E-state index in [1.54, 1.807) is 24.3 Å². The summed E-state index contributed by atoms with van der Waals surface area (Å²) < 4.78 is 0. The molecule has 1 heterocycles. The lowest BCUT2D eigenvalue weighted by molar-refractivity contribution is 0.0993. The molecule has 21 heavy (non-hydrogen) atoms. The van der Waals surface area contributed by atoms with Crippen molar-refractivity contribution in [1.82, 2.24) is 4.98 Å². The van der Waals surface area contributed by atoms with Gasteiger partial charge >= 0.3 is 0 Å². The maximum absolute atomic E-state index is 12.5. The van der Waals surface area contributed by atoms with Gasteiger partial charge in [-0.15, -0.1) is 0 Å². The number of aromatic nitrogens is 1. The van der Waals surface area contributed by atoms with Crippen molar-refractivity contribution in [2.45, 2.75) is 20.3 Å². The fourth-order valence-electron chi connectivity index (χ4n) is 2.13. The molecule has 4 heteroatoms. The fourth-order valence-corrected chi connectivity index (χ4v) is 2.13. The number of anilines is 2. The second-order valence-corrected chi connectivity index (χ2v) is 5.03. The third-order valence-corrected chi connectivity index (χ3v) is 3.39. The lowest BCUT2D eigenvalue weighted by atomic mass is 10.1. The quantitative estimate of drug-likeness (QED) is 0.913. The maximum atomic E-state index is 12.5. The molecule has 1 aromatic heterocycles. The van der Waals surface area contributed by atoms with Crippen LogP contribution in [-0.2, 0) is 0 Å². The molecule has 0 atom stereocenters. The van der Waals surface area contributed by atoms with Crippen LogP contribution in [0, 0.1) is 6.92 Å². The molecule has 0 saturated carbocycles. The Morgan fingerprint density at radius 3 is 2.57 bits per heavy atom. The van der Waals surface area contributed by atoms with Gasteiger partial charge in [0.05, 0.1) is 0 Å². The summed E-state index contributed by atoms with van der Waals surface area (Å²) in [6, 6.07) is 9.41. The highest BCUT2D eigenvalue weighted by molar-refractivity contribution is 6.06. The van der Waals surface area contributed by atoms with Gasteiger partial charge in [0.2, 0.25) is 0 Å². The predicted octanol–water partition coefficient (Wildman–Crippen LogP) is 3.49. The Morgan fingerprint density at radius 2 is 1.95 bits per heavy atom. The van der Waals surface area contributed by atoms with Gasteiger partial charge in [-0.05, 0) is 49.2 Å². The standard InChI is InChI=1S/C17H21N3O/c1-4-9-19-16-6-5-14(12-13(16)2)17(21)20(3)15-7-10-18-11-8-15/h5-8,10-12,19H,4,9H2,1-3H3. The van der Waals surface area contributed by atoms with Crippen molar-refractivity contribution < 1.29 is 4.79 Å². The summed E-state index contributed by atoms with van der Waals surface area (Å²) in [6.45, 7) is 5.08. The number of benzene rings is 1. The lowest BCUT2D eigenvalue weighted by Gasteiger charge is -2.18. The predicted molar refractivity (Wildman–Crippen MR) is 86.9 cm³/mol. The molecule has 0 unspecified atom stereocenters. The summed E-state index contributed by atoms with van der Waals surface area (Å²) in [6.07, 6.45) is 4.44. The first-order valence-corrected chi connectivity index (χ1v) is 7.16. The molecule has 0 radical (unpaired) electrons. The molecule has 2 rings (SSSR count). The van der Waals surface area contributed by atoms with Gasteiger partial charge in [0.1, 0.15) is 0 Å². The molecule has 2 aromatic rings. The van der Waals surface area contributed by atoms with Crippen LogP contribution in [0.15, 0.2) is 42.7 Å². The highest BCUT2D eigenvalue weighted by Crippen LogP contribution is 2.19. The van der Waals surface area contributed by atoms with E-state index in [1.165, 1.54) is 0 Å². The lowest BCUT2D eigenvalue weighted by Crippen LogP contribution is -2.26. The van der Waals surface area contributed by atoms with Crippen LogP contribution < -0.4 is 10.2 Å². The number of nitrogens with zero attached hydrogens (tertiary/aromatic N) is 2. The monoisotopic (exact) mass is 283 g/mol. The van der Waals surface area contributed by atoms with E-state index < -0.39 is 0 Å². The Bertz CT molecular complexity index is 611. The molecular formula is C17H21N3O. The third-order valence-electron chi connectivity index (χ3n) is 3.39. The third kappa shape index (κ3) is 3.60. The molecule has 0 aliphatic rings. The second kappa shape index (κ2) is 6.88. The minimum Gasteiger partial charge on any atom is -0.385 e. The van der Waals surface area contributed by atoms with Crippen LogP contribution in [0.4, 0.5) is 11.4 Å². The van der Waals surface area contributed by atoms with Gasteiger partial charge < -0.3 is 10.2 Å². The Kier molecular flexibility index (Phi) is 4.93. The molecule has 0 aliphatic carbocycles. The van der Waals surface area contributed by atoms with E-state index in [0.29, 0.717) is 5.56 Å². The molecule has 4 nitrogen and oxygen atoms in total. The van der Waals surface area contributed by atoms with E-state index >= 15 is 0 Å². The summed E-state index contributed by atoms with van der Waals surface area (Å²) in [7, 11) is 1.77. The summed E-state index contributed by atoms with van der Waals surface area (Å²) in [5.74, 6) is -0.0219. The number of amides is 1. The molecule has 0 bridgehead atoms. The normalized spacial score (nSPS) is 10.2. The van der Waals surface area contributed by atoms with Gasteiger partial charge in [0.15, 0.2) is 0 Å². The first-order valence-electron chi connectivity index (χ1n) is 7.16. The van der Waals surface area contributed by atoms with Crippen molar-refractivity contribution in [2.75, 3.05) is 23.8 Å². The average Bonchev–Trinajstić information content (AvgIpc) is 2.53. The Labute approximate surface area is 125 Å². The van der Waals surface area contributed by atoms with E-state index in [4.69, 9.17) is 0 Å². The Hall–Kier alpha value is -2.36. The van der Waals surface area contributed by atoms with Gasteiger partial charge in [0.25, 0.3) is 5.91 Å². The molecule has 0 fully saturated rings. The minimum atomic E-state index is -0.0219. The SMILES string of the molecule is CCCNc1ccc(C(=O)N(C)c2ccncc2)cc1C. The fraction of sp³-hybridized carbons (Fsp3) is 0.294. The largest absolute Gasteiger partial charge is 0.385 e. The van der Waals surface area contributed by atoms with Crippen molar-refractivity contribution in [1.29, 1.82) is 0 Å². The van der Waals surface area contributed by atoms with Crippen LogP contribution in [0.3, 0.4) is 0 Å². The zero-order valence-electron chi connectivity index (χ0n) is 12.8. The molecule has 1 aromatic carbocycles. The van der Waals surface area contributed by atoms with Crippen molar-refractivity contribution in [3.63, 3.8) is 0 Å². The number of rotatable bonds is 5. The molecule has 0 aliphatic heterocycles. The molecular weight excluding hydrogens is 262 g/mol. The summed E-state index contributed by atoms with van der Waals surface area (Å²) in [5, 5.41) is 3.36. The zero-order chi connectivity index (χ0) is 15.2. The molecule has 1 amide bonds. The van der Waals surface area contributed by atoms with E-state index in [2.05, 4.69) is 17.2 Å². The number of hydrogen-bond donors (Lipinski definition) is 1. The Balaban J connectivity index is 2.18. The van der Waals surface area contributed by atoms with E-state index in [-0.39, 0.29) is 5.91 Å². The number of pyridine rings is 1. The number of hydrogen-bond acceptors (Lipinski definition) is 3. The number of carbonyl (C=O) groups is 1. The van der Waals surface area contributed by atoms with Gasteiger partial charge in [-0.2, -0.15) is 0 Å². The highest BCUT2D eigenvalue weighted by Gasteiger charge is 2.14. The van der Waals surface area contributed by atoms with Crippen LogP contribution in [0.1, 0.15) is 29.3 Å². The zero-order valence-corrected chi connectivity index (χ0v) is 12.8. The summed E-state index contributed by atoms with van der Waals surface area (Å²) in [4.78, 5) is 18.1. The van der Waals surface area contributed by atoms with Gasteiger partial charge in [0, 0.05) is 42.9 Å². The highest BCUT2D eigenvalue weighted by atomic mass is 16.2. The minimum absolute atomic E-state index is 0.0219. The second-order valence-electron chi connectivity index (χ2n) is 5.03. The van der Waals surface area contributed by atoms with Crippen LogP contribution in [0.5, 0.6) is 0 Å². The summed E-state index contributed by atoms with van der Waals surface area (Å²) >= 11 is 0. The van der Waals surface area contributed by atoms with E-state index in [9.17, 15) is 4.79 Å². The van der Waals surface area contributed by atoms with E-state index in [1.807, 2.05) is 37.3 Å². The first-order chi connectivity index (χ1) is 10.1. The van der Waals surface area contributed by atoms with Gasteiger partial charge in [-0.25, -0.2) is 0 Å². The van der Waals surface area contributed by atoms with Crippen LogP contribution in [0.25, 0.3) is 0 Å². The number of nitrogens with one attached hydrogen (secondary N) is 1. The van der Waals surface area contributed by atoms with Crippen molar-refractivity contribution in [3.8, 4) is 0 Å².